The number of nitro benzene ring substituents is 1. The van der Waals surface area contributed by atoms with Gasteiger partial charge in [-0.3, -0.25) is 10.1 Å². The molecule has 0 bridgehead atoms. The number of nitro groups is 1. The summed E-state index contributed by atoms with van der Waals surface area (Å²) in [5.41, 5.74) is -0.548. The lowest BCUT2D eigenvalue weighted by Gasteiger charge is -2.16. The maximum Gasteiger partial charge on any atom is 0.276 e. The number of hydrogen-bond acceptors (Lipinski definition) is 4. The molecule has 94 valence electrons. The van der Waals surface area contributed by atoms with Gasteiger partial charge in [0.1, 0.15) is 6.10 Å². The summed E-state index contributed by atoms with van der Waals surface area (Å²) >= 11 is 16.7. The van der Waals surface area contributed by atoms with Gasteiger partial charge in [0.05, 0.1) is 32.5 Å². The second-order valence-corrected chi connectivity index (χ2v) is 4.37. The summed E-state index contributed by atoms with van der Waals surface area (Å²) in [7, 11) is 0. The number of rotatable bonds is 4. The molecule has 2 unspecified atom stereocenters. The number of nitrogens with zero attached hydrogens (tertiary/aromatic N) is 1. The van der Waals surface area contributed by atoms with E-state index in [1.54, 1.807) is 0 Å². The van der Waals surface area contributed by atoms with E-state index in [2.05, 4.69) is 0 Å². The second kappa shape index (κ2) is 5.84. The molecule has 0 heterocycles. The second-order valence-electron chi connectivity index (χ2n) is 3.25. The van der Waals surface area contributed by atoms with Crippen LogP contribution in [-0.2, 0) is 0 Å². The zero-order valence-corrected chi connectivity index (χ0v) is 10.6. The van der Waals surface area contributed by atoms with E-state index in [1.165, 1.54) is 0 Å². The first-order valence-corrected chi connectivity index (χ1v) is 5.73. The first-order valence-electron chi connectivity index (χ1n) is 4.44. The fourth-order valence-electron chi connectivity index (χ4n) is 1.24. The predicted molar refractivity (Wildman–Crippen MR) is 64.8 cm³/mol. The molecule has 8 heteroatoms. The van der Waals surface area contributed by atoms with Crippen LogP contribution in [0.2, 0.25) is 10.0 Å². The Balaban J connectivity index is 3.30. The summed E-state index contributed by atoms with van der Waals surface area (Å²) < 4.78 is 0. The van der Waals surface area contributed by atoms with Crippen molar-refractivity contribution in [3.05, 3.63) is 37.9 Å². The van der Waals surface area contributed by atoms with Gasteiger partial charge >= 0.3 is 0 Å². The Labute approximate surface area is 112 Å². The molecular weight excluding hydrogens is 292 g/mol. The lowest BCUT2D eigenvalue weighted by molar-refractivity contribution is -0.386. The third-order valence-electron chi connectivity index (χ3n) is 2.11. The first kappa shape index (κ1) is 14.5. The van der Waals surface area contributed by atoms with Gasteiger partial charge in [-0.2, -0.15) is 0 Å². The van der Waals surface area contributed by atoms with Crippen LogP contribution in [0.1, 0.15) is 11.7 Å². The average Bonchev–Trinajstić information content (AvgIpc) is 2.29. The highest BCUT2D eigenvalue weighted by molar-refractivity contribution is 6.42. The largest absolute Gasteiger partial charge is 0.389 e. The van der Waals surface area contributed by atoms with E-state index < -0.39 is 22.8 Å². The minimum absolute atomic E-state index is 0.00493. The van der Waals surface area contributed by atoms with Gasteiger partial charge in [0.2, 0.25) is 0 Å². The summed E-state index contributed by atoms with van der Waals surface area (Å²) in [4.78, 5) is 10.1. The Morgan fingerprint density at radius 2 is 1.82 bits per heavy atom. The molecule has 2 atom stereocenters. The van der Waals surface area contributed by atoms with E-state index in [0.29, 0.717) is 0 Å². The zero-order valence-electron chi connectivity index (χ0n) is 8.31. The number of aliphatic hydroxyl groups excluding tert-OH is 2. The van der Waals surface area contributed by atoms with Crippen molar-refractivity contribution in [2.24, 2.45) is 0 Å². The Hall–Kier alpha value is -0.590. The van der Waals surface area contributed by atoms with Gasteiger partial charge in [0.15, 0.2) is 0 Å². The van der Waals surface area contributed by atoms with Gasteiger partial charge in [-0.15, -0.1) is 11.6 Å². The minimum Gasteiger partial charge on any atom is -0.389 e. The summed E-state index contributed by atoms with van der Waals surface area (Å²) in [5, 5.41) is 29.9. The molecule has 0 saturated heterocycles. The van der Waals surface area contributed by atoms with Gasteiger partial charge < -0.3 is 10.2 Å². The van der Waals surface area contributed by atoms with Crippen molar-refractivity contribution >= 4 is 40.5 Å². The fourth-order valence-corrected chi connectivity index (χ4v) is 1.74. The SMILES string of the molecule is O=[N+]([O-])c1cc(Cl)c(Cl)cc1C(O)C(O)CCl. The lowest BCUT2D eigenvalue weighted by Crippen LogP contribution is -2.20. The molecule has 17 heavy (non-hydrogen) atoms. The molecule has 1 rings (SSSR count). The summed E-state index contributed by atoms with van der Waals surface area (Å²) in [6.07, 6.45) is -2.82. The molecule has 0 aliphatic heterocycles. The molecule has 0 aliphatic rings. The summed E-state index contributed by atoms with van der Waals surface area (Å²) in [6.45, 7) is 0. The van der Waals surface area contributed by atoms with Crippen molar-refractivity contribution in [1.29, 1.82) is 0 Å². The van der Waals surface area contributed by atoms with Gasteiger partial charge in [0.25, 0.3) is 5.69 Å². The lowest BCUT2D eigenvalue weighted by atomic mass is 10.0. The number of halogens is 3. The Bertz CT molecular complexity index is 440. The van der Waals surface area contributed by atoms with Gasteiger partial charge in [-0.1, -0.05) is 23.2 Å². The van der Waals surface area contributed by atoms with Crippen molar-refractivity contribution in [1.82, 2.24) is 0 Å². The Kier molecular flexibility index (Phi) is 4.97. The molecule has 0 aromatic heterocycles. The number of benzene rings is 1. The van der Waals surface area contributed by atoms with Crippen LogP contribution in [0.15, 0.2) is 12.1 Å². The normalized spacial score (nSPS) is 14.4. The Morgan fingerprint density at radius 3 is 2.29 bits per heavy atom. The molecular formula is C9H8Cl3NO4. The van der Waals surface area contributed by atoms with Crippen molar-refractivity contribution < 1.29 is 15.1 Å². The molecule has 1 aromatic rings. The topological polar surface area (TPSA) is 83.6 Å². The predicted octanol–water partition coefficient (Wildman–Crippen LogP) is 2.53. The molecule has 5 nitrogen and oxygen atoms in total. The molecule has 2 N–H and O–H groups in total. The van der Waals surface area contributed by atoms with E-state index in [-0.39, 0.29) is 21.5 Å². The van der Waals surface area contributed by atoms with Gasteiger partial charge in [-0.25, -0.2) is 0 Å². The van der Waals surface area contributed by atoms with Crippen LogP contribution < -0.4 is 0 Å². The quantitative estimate of drug-likeness (QED) is 0.508. The van der Waals surface area contributed by atoms with Crippen LogP contribution in [0.25, 0.3) is 0 Å². The molecule has 0 spiro atoms. The first-order chi connectivity index (χ1) is 7.88. The zero-order chi connectivity index (χ0) is 13.2. The maximum atomic E-state index is 10.8. The third-order valence-corrected chi connectivity index (χ3v) is 3.15. The van der Waals surface area contributed by atoms with Crippen LogP contribution in [0.3, 0.4) is 0 Å². The van der Waals surface area contributed by atoms with Crippen LogP contribution >= 0.6 is 34.8 Å². The molecule has 0 saturated carbocycles. The fraction of sp³-hybridized carbons (Fsp3) is 0.333. The minimum atomic E-state index is -1.50. The van der Waals surface area contributed by atoms with E-state index in [4.69, 9.17) is 34.8 Å². The van der Waals surface area contributed by atoms with Crippen molar-refractivity contribution in [3.8, 4) is 0 Å². The molecule has 0 fully saturated rings. The van der Waals surface area contributed by atoms with Gasteiger partial charge in [-0.05, 0) is 6.07 Å². The van der Waals surface area contributed by atoms with E-state index in [9.17, 15) is 20.3 Å². The van der Waals surface area contributed by atoms with Crippen LogP contribution in [0, 0.1) is 10.1 Å². The van der Waals surface area contributed by atoms with E-state index in [1.807, 2.05) is 0 Å². The molecule has 0 amide bonds. The highest BCUT2D eigenvalue weighted by atomic mass is 35.5. The number of alkyl halides is 1. The summed E-state index contributed by atoms with van der Waals surface area (Å²) in [5.74, 6) is -0.265. The van der Waals surface area contributed by atoms with Gasteiger partial charge in [0, 0.05) is 6.07 Å². The Morgan fingerprint density at radius 1 is 1.29 bits per heavy atom. The smallest absolute Gasteiger partial charge is 0.276 e. The van der Waals surface area contributed by atoms with Crippen LogP contribution in [-0.4, -0.2) is 27.1 Å². The number of hydrogen-bond donors (Lipinski definition) is 2. The molecule has 0 aliphatic carbocycles. The third kappa shape index (κ3) is 3.20. The van der Waals surface area contributed by atoms with Crippen molar-refractivity contribution in [3.63, 3.8) is 0 Å². The van der Waals surface area contributed by atoms with E-state index >= 15 is 0 Å². The highest BCUT2D eigenvalue weighted by Gasteiger charge is 2.27. The van der Waals surface area contributed by atoms with Crippen molar-refractivity contribution in [2.75, 3.05) is 5.88 Å². The van der Waals surface area contributed by atoms with Crippen LogP contribution in [0.5, 0.6) is 0 Å². The van der Waals surface area contributed by atoms with Crippen molar-refractivity contribution in [2.45, 2.75) is 12.2 Å². The van der Waals surface area contributed by atoms with Crippen LogP contribution in [0.4, 0.5) is 5.69 Å². The standard InChI is InChI=1S/C9H8Cl3NO4/c10-3-8(14)9(15)4-1-5(11)6(12)2-7(4)13(16)17/h1-2,8-9,14-15H,3H2. The maximum absolute atomic E-state index is 10.8. The number of aliphatic hydroxyl groups is 2. The molecule has 0 radical (unpaired) electrons. The molecule has 1 aromatic carbocycles. The van der Waals surface area contributed by atoms with E-state index in [0.717, 1.165) is 12.1 Å². The summed E-state index contributed by atoms with van der Waals surface area (Å²) in [6, 6.07) is 2.16. The highest BCUT2D eigenvalue weighted by Crippen LogP contribution is 2.35. The monoisotopic (exact) mass is 299 g/mol. The average molecular weight is 301 g/mol.